The summed E-state index contributed by atoms with van der Waals surface area (Å²) in [6.45, 7) is 4.76. The van der Waals surface area contributed by atoms with Crippen LogP contribution in [0.3, 0.4) is 0 Å². The molecule has 1 aromatic heterocycles. The number of hydrogen-bond donors (Lipinski definition) is 0. The lowest BCUT2D eigenvalue weighted by Crippen LogP contribution is -2.50. The summed E-state index contributed by atoms with van der Waals surface area (Å²) in [7, 11) is 0. The van der Waals surface area contributed by atoms with Gasteiger partial charge >= 0.3 is 6.18 Å². The van der Waals surface area contributed by atoms with E-state index in [9.17, 15) is 18.0 Å². The average molecular weight is 302 g/mol. The third-order valence-electron chi connectivity index (χ3n) is 4.22. The largest absolute Gasteiger partial charge is 0.435 e. The summed E-state index contributed by atoms with van der Waals surface area (Å²) in [5.41, 5.74) is -0.598. The van der Waals surface area contributed by atoms with Crippen LogP contribution >= 0.6 is 0 Å². The second-order valence-electron chi connectivity index (χ2n) is 5.66. The Labute approximate surface area is 120 Å². The van der Waals surface area contributed by atoms with Crippen molar-refractivity contribution in [1.29, 1.82) is 0 Å². The summed E-state index contributed by atoms with van der Waals surface area (Å²) in [6.07, 6.45) is -3.53. The van der Waals surface area contributed by atoms with Gasteiger partial charge in [-0.15, -0.1) is 0 Å². The smallest absolute Gasteiger partial charge is 0.335 e. The third kappa shape index (κ3) is 2.76. The van der Waals surface area contributed by atoms with Crippen molar-refractivity contribution in [1.82, 2.24) is 19.6 Å². The maximum atomic E-state index is 12.6. The van der Waals surface area contributed by atoms with Crippen LogP contribution in [0.4, 0.5) is 13.2 Å². The number of hydrogen-bond acceptors (Lipinski definition) is 3. The fourth-order valence-corrected chi connectivity index (χ4v) is 3.06. The molecule has 5 nitrogen and oxygen atoms in total. The van der Waals surface area contributed by atoms with Crippen LogP contribution in [0.5, 0.6) is 0 Å². The molecule has 2 bridgehead atoms. The van der Waals surface area contributed by atoms with E-state index in [-0.39, 0.29) is 18.5 Å². The predicted octanol–water partition coefficient (Wildman–Crippen LogP) is 1.13. The van der Waals surface area contributed by atoms with Crippen LogP contribution < -0.4 is 0 Å². The third-order valence-corrected chi connectivity index (χ3v) is 4.22. The molecule has 0 spiro atoms. The molecule has 0 aliphatic carbocycles. The van der Waals surface area contributed by atoms with Crippen molar-refractivity contribution in [2.24, 2.45) is 0 Å². The van der Waals surface area contributed by atoms with Crippen molar-refractivity contribution in [3.05, 3.63) is 17.5 Å². The van der Waals surface area contributed by atoms with Gasteiger partial charge in [0.1, 0.15) is 6.54 Å². The van der Waals surface area contributed by atoms with Crippen LogP contribution in [0.1, 0.15) is 17.8 Å². The number of carbonyl (C=O) groups excluding carboxylic acids is 1. The van der Waals surface area contributed by atoms with Crippen LogP contribution in [0.15, 0.2) is 6.07 Å². The highest BCUT2D eigenvalue weighted by Gasteiger charge is 2.37. The number of aryl methyl sites for hydroxylation is 1. The first-order valence-corrected chi connectivity index (χ1v) is 6.98. The number of alkyl halides is 3. The molecule has 2 unspecified atom stereocenters. The minimum atomic E-state index is -4.48. The minimum absolute atomic E-state index is 0.127. The van der Waals surface area contributed by atoms with E-state index < -0.39 is 11.9 Å². The molecule has 1 aromatic rings. The number of piperazine rings is 1. The Kier molecular flexibility index (Phi) is 3.43. The minimum Gasteiger partial charge on any atom is -0.335 e. The van der Waals surface area contributed by atoms with Crippen molar-refractivity contribution in [3.8, 4) is 0 Å². The molecule has 3 heterocycles. The number of amides is 1. The van der Waals surface area contributed by atoms with E-state index in [0.717, 1.165) is 36.8 Å². The molecule has 0 aromatic carbocycles. The highest BCUT2D eigenvalue weighted by molar-refractivity contribution is 5.76. The molecule has 8 heteroatoms. The van der Waals surface area contributed by atoms with Crippen LogP contribution in [0.2, 0.25) is 0 Å². The Morgan fingerprint density at radius 3 is 2.81 bits per heavy atom. The average Bonchev–Trinajstić information content (AvgIpc) is 2.94. The summed E-state index contributed by atoms with van der Waals surface area (Å²) in [4.78, 5) is 16.4. The van der Waals surface area contributed by atoms with Gasteiger partial charge in [0.15, 0.2) is 5.69 Å². The van der Waals surface area contributed by atoms with E-state index in [2.05, 4.69) is 10.00 Å². The summed E-state index contributed by atoms with van der Waals surface area (Å²) in [5.74, 6) is -0.151. The Morgan fingerprint density at radius 2 is 2.14 bits per heavy atom. The molecule has 0 radical (unpaired) electrons. The Bertz CT molecular complexity index is 554. The Hall–Kier alpha value is -1.57. The number of aromatic nitrogens is 2. The highest BCUT2D eigenvalue weighted by atomic mass is 19.4. The first-order chi connectivity index (χ1) is 9.84. The Morgan fingerprint density at radius 1 is 1.38 bits per heavy atom. The zero-order chi connectivity index (χ0) is 15.2. The summed E-state index contributed by atoms with van der Waals surface area (Å²) in [6, 6.07) is 1.17. The molecule has 3 rings (SSSR count). The maximum Gasteiger partial charge on any atom is 0.435 e. The molecular weight excluding hydrogens is 285 g/mol. The molecule has 2 saturated heterocycles. The first kappa shape index (κ1) is 14.4. The second-order valence-corrected chi connectivity index (χ2v) is 5.66. The van der Waals surface area contributed by atoms with E-state index in [4.69, 9.17) is 0 Å². The first-order valence-electron chi connectivity index (χ1n) is 6.98. The molecule has 2 aliphatic rings. The van der Waals surface area contributed by atoms with E-state index in [1.165, 1.54) is 6.92 Å². The van der Waals surface area contributed by atoms with E-state index in [1.54, 1.807) is 4.90 Å². The van der Waals surface area contributed by atoms with Crippen LogP contribution in [-0.2, 0) is 17.5 Å². The maximum absolute atomic E-state index is 12.6. The van der Waals surface area contributed by atoms with E-state index in [0.29, 0.717) is 12.2 Å². The van der Waals surface area contributed by atoms with Gasteiger partial charge in [-0.3, -0.25) is 14.4 Å². The monoisotopic (exact) mass is 302 g/mol. The van der Waals surface area contributed by atoms with E-state index in [1.807, 2.05) is 0 Å². The summed E-state index contributed by atoms with van der Waals surface area (Å²) >= 11 is 0. The number of halogens is 3. The highest BCUT2D eigenvalue weighted by Crippen LogP contribution is 2.28. The number of nitrogens with zero attached hydrogens (tertiary/aromatic N) is 4. The quantitative estimate of drug-likeness (QED) is 0.822. The molecule has 1 amide bonds. The van der Waals surface area contributed by atoms with Crippen molar-refractivity contribution in [3.63, 3.8) is 0 Å². The molecule has 2 fully saturated rings. The second kappa shape index (κ2) is 5.01. The summed E-state index contributed by atoms with van der Waals surface area (Å²) in [5, 5.41) is 3.51. The normalized spacial score (nSPS) is 25.4. The van der Waals surface area contributed by atoms with Gasteiger partial charge in [-0.1, -0.05) is 0 Å². The van der Waals surface area contributed by atoms with Gasteiger partial charge in [-0.2, -0.15) is 18.3 Å². The lowest BCUT2D eigenvalue weighted by molar-refractivity contribution is -0.142. The fourth-order valence-electron chi connectivity index (χ4n) is 3.06. The molecule has 21 heavy (non-hydrogen) atoms. The van der Waals surface area contributed by atoms with Gasteiger partial charge in [0.2, 0.25) is 5.91 Å². The van der Waals surface area contributed by atoms with E-state index >= 15 is 0 Å². The number of fused-ring (bicyclic) bond motifs is 2. The molecule has 116 valence electrons. The van der Waals surface area contributed by atoms with Gasteiger partial charge in [-0.25, -0.2) is 0 Å². The van der Waals surface area contributed by atoms with Crippen molar-refractivity contribution < 1.29 is 18.0 Å². The zero-order valence-corrected chi connectivity index (χ0v) is 11.7. The van der Waals surface area contributed by atoms with Crippen molar-refractivity contribution in [2.75, 3.05) is 26.2 Å². The van der Waals surface area contributed by atoms with Crippen molar-refractivity contribution >= 4 is 5.91 Å². The molecular formula is C13H17F3N4O. The van der Waals surface area contributed by atoms with Gasteiger partial charge in [0.05, 0.1) is 0 Å². The van der Waals surface area contributed by atoms with Crippen LogP contribution in [0, 0.1) is 6.92 Å². The van der Waals surface area contributed by atoms with Crippen LogP contribution in [0.25, 0.3) is 0 Å². The predicted molar refractivity (Wildman–Crippen MR) is 68.5 cm³/mol. The van der Waals surface area contributed by atoms with Gasteiger partial charge < -0.3 is 4.90 Å². The molecule has 2 aliphatic heterocycles. The molecule has 0 N–H and O–H groups in total. The summed E-state index contributed by atoms with van der Waals surface area (Å²) < 4.78 is 39.0. The lowest BCUT2D eigenvalue weighted by atomic mass is 10.2. The standard InChI is InChI=1S/C13H17F3N4O/c1-9-6-11(13(14,15)16)17-20(9)8-12(21)19-5-4-18-3-2-10(19)7-18/h6,10H,2-5,7-8H2,1H3. The topological polar surface area (TPSA) is 41.4 Å². The van der Waals surface area contributed by atoms with Gasteiger partial charge in [0.25, 0.3) is 0 Å². The zero-order valence-electron chi connectivity index (χ0n) is 11.7. The van der Waals surface area contributed by atoms with Gasteiger partial charge in [-0.05, 0) is 19.4 Å². The Balaban J connectivity index is 1.71. The van der Waals surface area contributed by atoms with Crippen LogP contribution in [-0.4, -0.2) is 57.7 Å². The SMILES string of the molecule is Cc1cc(C(F)(F)F)nn1CC(=O)N1CCN2CCC1C2. The van der Waals surface area contributed by atoms with Gasteiger partial charge in [0, 0.05) is 37.9 Å². The fraction of sp³-hybridized carbons (Fsp3) is 0.692. The van der Waals surface area contributed by atoms with Crippen molar-refractivity contribution in [2.45, 2.75) is 32.1 Å². The number of rotatable bonds is 2. The molecule has 0 saturated carbocycles. The molecule has 2 atom stereocenters. The lowest BCUT2D eigenvalue weighted by Gasteiger charge is -2.34. The number of carbonyl (C=O) groups is 1.